The molecule has 4 N–H and O–H groups in total. The van der Waals surface area contributed by atoms with Crippen molar-refractivity contribution in [3.63, 3.8) is 0 Å². The fourth-order valence-electron chi connectivity index (χ4n) is 4.22. The third-order valence-electron chi connectivity index (χ3n) is 6.44. The number of aromatic nitrogens is 2. The second-order valence-corrected chi connectivity index (χ2v) is 12.9. The van der Waals surface area contributed by atoms with Gasteiger partial charge in [0, 0.05) is 0 Å². The molecule has 0 saturated carbocycles. The van der Waals surface area contributed by atoms with Gasteiger partial charge in [-0.25, -0.2) is 24.5 Å². The monoisotopic (exact) mass is 728 g/mol. The molecule has 1 aromatic heterocycles. The zero-order chi connectivity index (χ0) is 35.4. The van der Waals surface area contributed by atoms with Crippen molar-refractivity contribution < 1.29 is 64.7 Å². The largest absolute Gasteiger partial charge is 0.464 e. The number of hydrogen-bond acceptors (Lipinski definition) is 15. The number of nitrogens with one attached hydrogen (secondary N) is 1. The molecular formula is C26H24N4O15S3. The standard InChI is InChI=1S/C26H24N4O15S3/c1-14-7-8-15(47(35,36)37)11-20(14)29-24(31)17(19(27-29)13-43-42-3)5-4-6-18-23(26(33)41-2)28-30(25(18)32)21-12-16(48(38,39)40)9-10-22(21)46-45-44-34/h4-12,27,34H,13H2,1-3H3,(H,35,36,37)(H,38,39,40)/b5-4+,18-6-. The number of benzene rings is 2. The topological polar surface area (TPSA) is 263 Å². The predicted octanol–water partition coefficient (Wildman–Crippen LogP) is 1.99. The molecule has 256 valence electrons. The Morgan fingerprint density at radius 1 is 1.02 bits per heavy atom. The molecule has 0 atom stereocenters. The fourth-order valence-corrected chi connectivity index (χ4v) is 5.68. The summed E-state index contributed by atoms with van der Waals surface area (Å²) in [5.41, 5.74) is -1.36. The van der Waals surface area contributed by atoms with Crippen molar-refractivity contribution in [2.75, 3.05) is 19.2 Å². The highest BCUT2D eigenvalue weighted by Gasteiger charge is 2.37. The van der Waals surface area contributed by atoms with Gasteiger partial charge in [0.25, 0.3) is 31.7 Å². The van der Waals surface area contributed by atoms with E-state index in [1.165, 1.54) is 25.3 Å². The number of H-pyrrole nitrogens is 1. The maximum Gasteiger partial charge on any atom is 0.359 e. The van der Waals surface area contributed by atoms with Gasteiger partial charge in [0.1, 0.15) is 6.61 Å². The summed E-state index contributed by atoms with van der Waals surface area (Å²) < 4.78 is 76.2. The second kappa shape index (κ2) is 14.7. The summed E-state index contributed by atoms with van der Waals surface area (Å²) in [6.45, 7) is 1.28. The quantitative estimate of drug-likeness (QED) is 0.0490. The number of anilines is 1. The molecule has 0 fully saturated rings. The van der Waals surface area contributed by atoms with Crippen LogP contribution in [-0.2, 0) is 60.3 Å². The third kappa shape index (κ3) is 7.79. The number of aryl methyl sites for hydroxylation is 1. The minimum Gasteiger partial charge on any atom is -0.464 e. The number of allylic oxidation sites excluding steroid dienone is 2. The van der Waals surface area contributed by atoms with Gasteiger partial charge in [-0.1, -0.05) is 17.2 Å². The number of methoxy groups -OCH3 is 1. The van der Waals surface area contributed by atoms with Crippen LogP contribution in [0, 0.1) is 6.92 Å². The van der Waals surface area contributed by atoms with Crippen molar-refractivity contribution in [3.05, 3.63) is 81.3 Å². The molecule has 48 heavy (non-hydrogen) atoms. The molecule has 0 saturated heterocycles. The van der Waals surface area contributed by atoms with Gasteiger partial charge < -0.3 is 4.74 Å². The average molecular weight is 729 g/mol. The van der Waals surface area contributed by atoms with Gasteiger partial charge in [-0.15, -0.1) is 4.33 Å². The summed E-state index contributed by atoms with van der Waals surface area (Å²) >= 11 is 0.329. The molecule has 1 amide bonds. The number of rotatable bonds is 13. The molecule has 4 rings (SSSR count). The Balaban J connectivity index is 1.81. The molecule has 19 nitrogen and oxygen atoms in total. The molecule has 0 unspecified atom stereocenters. The maximum absolute atomic E-state index is 13.6. The lowest BCUT2D eigenvalue weighted by Gasteiger charge is -2.15. The summed E-state index contributed by atoms with van der Waals surface area (Å²) in [6, 6.07) is 6.50. The van der Waals surface area contributed by atoms with E-state index in [0.717, 1.165) is 48.2 Å². The summed E-state index contributed by atoms with van der Waals surface area (Å²) in [5.74, 6) is -2.07. The van der Waals surface area contributed by atoms with Gasteiger partial charge in [0.2, 0.25) is 0 Å². The summed E-state index contributed by atoms with van der Waals surface area (Å²) in [5, 5.41) is 19.5. The highest BCUT2D eigenvalue weighted by Crippen LogP contribution is 2.36. The molecule has 2 heterocycles. The molecule has 3 aromatic rings. The minimum absolute atomic E-state index is 0.0555. The Bertz CT molecular complexity index is 2130. The van der Waals surface area contributed by atoms with E-state index in [1.807, 2.05) is 0 Å². The molecule has 1 aliphatic rings. The number of hydrogen-bond donors (Lipinski definition) is 4. The molecule has 22 heteroatoms. The van der Waals surface area contributed by atoms with Crippen LogP contribution in [0.1, 0.15) is 16.8 Å². The lowest BCUT2D eigenvalue weighted by atomic mass is 10.1. The molecule has 0 spiro atoms. The first-order valence-corrected chi connectivity index (χ1v) is 16.5. The van der Waals surface area contributed by atoms with E-state index in [1.54, 1.807) is 6.92 Å². The first-order chi connectivity index (χ1) is 22.6. The number of amides is 1. The van der Waals surface area contributed by atoms with Crippen LogP contribution in [0.25, 0.3) is 11.8 Å². The highest BCUT2D eigenvalue weighted by atomic mass is 32.2. The van der Waals surface area contributed by atoms with Crippen molar-refractivity contribution >= 4 is 61.6 Å². The van der Waals surface area contributed by atoms with Gasteiger partial charge in [-0.2, -0.15) is 26.9 Å². The highest BCUT2D eigenvalue weighted by molar-refractivity contribution is 7.94. The summed E-state index contributed by atoms with van der Waals surface area (Å²) in [4.78, 5) is 48.1. The van der Waals surface area contributed by atoms with Crippen LogP contribution >= 0.6 is 12.0 Å². The van der Waals surface area contributed by atoms with Gasteiger partial charge in [-0.3, -0.25) is 23.8 Å². The van der Waals surface area contributed by atoms with Gasteiger partial charge >= 0.3 is 5.97 Å². The number of hydrazone groups is 1. The van der Waals surface area contributed by atoms with E-state index in [9.17, 15) is 40.3 Å². The maximum atomic E-state index is 13.6. The Morgan fingerprint density at radius 3 is 2.27 bits per heavy atom. The minimum atomic E-state index is -4.78. The predicted molar refractivity (Wildman–Crippen MR) is 164 cm³/mol. The van der Waals surface area contributed by atoms with Crippen LogP contribution in [0.5, 0.6) is 0 Å². The lowest BCUT2D eigenvalue weighted by molar-refractivity contribution is -0.432. The SMILES string of the molecule is COOCc1[nH]n(-c2cc(S(=O)(=O)O)ccc2C)c(=O)c1/C=C/C=C1\C(=O)N(c2cc(S(=O)(=O)O)ccc2SOOO)N=C1C(=O)OC. The van der Waals surface area contributed by atoms with Crippen molar-refractivity contribution in [2.45, 2.75) is 28.2 Å². The van der Waals surface area contributed by atoms with E-state index >= 15 is 0 Å². The van der Waals surface area contributed by atoms with Crippen LogP contribution in [0.2, 0.25) is 0 Å². The van der Waals surface area contributed by atoms with Crippen LogP contribution in [-0.4, -0.2) is 72.8 Å². The Hall–Kier alpha value is -4.49. The first-order valence-electron chi connectivity index (χ1n) is 12.9. The lowest BCUT2D eigenvalue weighted by Crippen LogP contribution is -2.23. The number of ether oxygens (including phenoxy) is 1. The Kier molecular flexibility index (Phi) is 11.2. The zero-order valence-corrected chi connectivity index (χ0v) is 27.2. The van der Waals surface area contributed by atoms with E-state index in [2.05, 4.69) is 24.5 Å². The fraction of sp³-hybridized carbons (Fsp3) is 0.154. The third-order valence-corrected chi connectivity index (χ3v) is 8.79. The number of nitrogens with zero attached hydrogens (tertiary/aromatic N) is 3. The van der Waals surface area contributed by atoms with Crippen molar-refractivity contribution in [3.8, 4) is 5.69 Å². The van der Waals surface area contributed by atoms with Crippen molar-refractivity contribution in [2.24, 2.45) is 5.10 Å². The molecular weight excluding hydrogens is 705 g/mol. The molecule has 1 aliphatic heterocycles. The Morgan fingerprint density at radius 2 is 1.67 bits per heavy atom. The van der Waals surface area contributed by atoms with E-state index in [4.69, 9.17) is 14.9 Å². The normalized spacial score (nSPS) is 14.7. The van der Waals surface area contributed by atoms with Gasteiger partial charge in [0.05, 0.1) is 69.2 Å². The van der Waals surface area contributed by atoms with E-state index < -0.39 is 53.2 Å². The second-order valence-electron chi connectivity index (χ2n) is 9.32. The summed E-state index contributed by atoms with van der Waals surface area (Å²) in [7, 11) is -7.16. The van der Waals surface area contributed by atoms with Crippen LogP contribution in [0.3, 0.4) is 0 Å². The number of carbonyl (C=O) groups is 2. The van der Waals surface area contributed by atoms with Gasteiger partial charge in [0.15, 0.2) is 5.71 Å². The van der Waals surface area contributed by atoms with Gasteiger partial charge in [-0.05, 0) is 55.0 Å². The first kappa shape index (κ1) is 36.3. The van der Waals surface area contributed by atoms with Crippen molar-refractivity contribution in [1.29, 1.82) is 0 Å². The summed E-state index contributed by atoms with van der Waals surface area (Å²) in [6.07, 6.45) is 3.54. The molecule has 0 bridgehead atoms. The molecule has 0 aliphatic carbocycles. The van der Waals surface area contributed by atoms with E-state index in [0.29, 0.717) is 22.6 Å². The van der Waals surface area contributed by atoms with Crippen LogP contribution < -0.4 is 10.6 Å². The molecule has 2 aromatic carbocycles. The van der Waals surface area contributed by atoms with E-state index in [-0.39, 0.29) is 39.7 Å². The number of esters is 1. The smallest absolute Gasteiger partial charge is 0.359 e. The van der Waals surface area contributed by atoms with Crippen LogP contribution in [0.4, 0.5) is 5.69 Å². The van der Waals surface area contributed by atoms with Crippen LogP contribution in [0.15, 0.2) is 78.7 Å². The number of carbonyl (C=O) groups excluding carboxylic acids is 2. The van der Waals surface area contributed by atoms with Crippen molar-refractivity contribution in [1.82, 2.24) is 9.78 Å². The average Bonchev–Trinajstić information content (AvgIpc) is 3.53. The zero-order valence-electron chi connectivity index (χ0n) is 24.7. The number of aromatic amines is 1. The Labute approximate surface area is 275 Å². The molecule has 0 radical (unpaired) electrons.